The third kappa shape index (κ3) is 2.81. The van der Waals surface area contributed by atoms with Gasteiger partial charge in [-0.15, -0.1) is 0 Å². The van der Waals surface area contributed by atoms with E-state index < -0.39 is 0 Å². The lowest BCUT2D eigenvalue weighted by Gasteiger charge is -2.07. The first-order valence-corrected chi connectivity index (χ1v) is 7.39. The van der Waals surface area contributed by atoms with Gasteiger partial charge in [-0.3, -0.25) is 4.98 Å². The van der Waals surface area contributed by atoms with Crippen LogP contribution in [0, 0.1) is 0 Å². The first kappa shape index (κ1) is 13.8. The van der Waals surface area contributed by atoms with Crippen LogP contribution in [0.1, 0.15) is 30.3 Å². The molecule has 0 aliphatic rings. The molecule has 4 nitrogen and oxygen atoms in total. The molecule has 0 amide bonds. The molecule has 1 aromatic carbocycles. The van der Waals surface area contributed by atoms with Crippen molar-refractivity contribution in [3.63, 3.8) is 0 Å². The summed E-state index contributed by atoms with van der Waals surface area (Å²) in [4.78, 5) is 9.00. The number of aromatic nitrogens is 3. The Kier molecular flexibility index (Phi) is 3.97. The fourth-order valence-electron chi connectivity index (χ4n) is 2.65. The second kappa shape index (κ2) is 6.06. The Morgan fingerprint density at radius 3 is 2.81 bits per heavy atom. The first-order valence-electron chi connectivity index (χ1n) is 7.39. The van der Waals surface area contributed by atoms with Gasteiger partial charge in [-0.1, -0.05) is 19.1 Å². The Bertz CT molecular complexity index is 731. The Labute approximate surface area is 124 Å². The van der Waals surface area contributed by atoms with Crippen molar-refractivity contribution in [1.29, 1.82) is 0 Å². The number of hydrogen-bond donors (Lipinski definition) is 1. The maximum Gasteiger partial charge on any atom is 0.114 e. The third-order valence-corrected chi connectivity index (χ3v) is 3.66. The number of imidazole rings is 1. The van der Waals surface area contributed by atoms with Gasteiger partial charge < -0.3 is 10.3 Å². The van der Waals surface area contributed by atoms with Crippen LogP contribution >= 0.6 is 0 Å². The number of rotatable bonds is 5. The van der Waals surface area contributed by atoms with E-state index in [1.165, 1.54) is 11.1 Å². The van der Waals surface area contributed by atoms with Gasteiger partial charge in [-0.25, -0.2) is 4.98 Å². The third-order valence-electron chi connectivity index (χ3n) is 3.66. The van der Waals surface area contributed by atoms with E-state index in [0.29, 0.717) is 6.54 Å². The Balaban J connectivity index is 2.05. The smallest absolute Gasteiger partial charge is 0.114 e. The van der Waals surface area contributed by atoms with Gasteiger partial charge in [0.2, 0.25) is 0 Å². The van der Waals surface area contributed by atoms with Gasteiger partial charge in [0, 0.05) is 31.9 Å². The van der Waals surface area contributed by atoms with Crippen molar-refractivity contribution in [2.45, 2.75) is 32.9 Å². The van der Waals surface area contributed by atoms with Crippen molar-refractivity contribution >= 4 is 11.0 Å². The molecule has 21 heavy (non-hydrogen) atoms. The normalized spacial score (nSPS) is 11.1. The zero-order valence-corrected chi connectivity index (χ0v) is 12.3. The molecule has 3 aromatic rings. The topological polar surface area (TPSA) is 56.7 Å². The van der Waals surface area contributed by atoms with E-state index in [4.69, 9.17) is 10.7 Å². The monoisotopic (exact) mass is 280 g/mol. The van der Waals surface area contributed by atoms with Crippen molar-refractivity contribution in [3.8, 4) is 0 Å². The summed E-state index contributed by atoms with van der Waals surface area (Å²) in [6.07, 6.45) is 5.59. The summed E-state index contributed by atoms with van der Waals surface area (Å²) in [5.41, 5.74) is 10.3. The van der Waals surface area contributed by atoms with Gasteiger partial charge in [0.1, 0.15) is 5.82 Å². The van der Waals surface area contributed by atoms with E-state index in [0.717, 1.165) is 36.3 Å². The molecule has 2 N–H and O–H groups in total. The predicted molar refractivity (Wildman–Crippen MR) is 85.0 cm³/mol. The summed E-state index contributed by atoms with van der Waals surface area (Å²) in [6, 6.07) is 10.4. The maximum absolute atomic E-state index is 5.73. The van der Waals surface area contributed by atoms with E-state index in [1.54, 1.807) is 6.20 Å². The summed E-state index contributed by atoms with van der Waals surface area (Å²) in [6.45, 7) is 3.72. The molecule has 2 heterocycles. The number of fused-ring (bicyclic) bond motifs is 1. The van der Waals surface area contributed by atoms with Crippen molar-refractivity contribution in [3.05, 3.63) is 59.7 Å². The van der Waals surface area contributed by atoms with Crippen molar-refractivity contribution < 1.29 is 0 Å². The Hall–Kier alpha value is -2.20. The van der Waals surface area contributed by atoms with Gasteiger partial charge in [0.25, 0.3) is 0 Å². The highest BCUT2D eigenvalue weighted by atomic mass is 15.1. The Morgan fingerprint density at radius 1 is 1.19 bits per heavy atom. The molecular weight excluding hydrogens is 260 g/mol. The van der Waals surface area contributed by atoms with Crippen LogP contribution in [-0.2, 0) is 19.5 Å². The quantitative estimate of drug-likeness (QED) is 0.782. The fourth-order valence-corrected chi connectivity index (χ4v) is 2.65. The molecule has 0 spiro atoms. The highest BCUT2D eigenvalue weighted by Gasteiger charge is 2.11. The summed E-state index contributed by atoms with van der Waals surface area (Å²) in [5, 5.41) is 0. The molecule has 0 radical (unpaired) electrons. The second-order valence-electron chi connectivity index (χ2n) is 5.24. The molecule has 0 saturated carbocycles. The zero-order valence-electron chi connectivity index (χ0n) is 12.3. The van der Waals surface area contributed by atoms with Crippen molar-refractivity contribution in [2.24, 2.45) is 5.73 Å². The lowest BCUT2D eigenvalue weighted by Crippen LogP contribution is -2.04. The molecule has 0 aliphatic heterocycles. The number of pyridine rings is 1. The van der Waals surface area contributed by atoms with E-state index in [2.05, 4.69) is 40.7 Å². The second-order valence-corrected chi connectivity index (χ2v) is 5.24. The average Bonchev–Trinajstić information content (AvgIpc) is 2.85. The molecule has 4 heteroatoms. The van der Waals surface area contributed by atoms with Gasteiger partial charge in [-0.05, 0) is 35.7 Å². The van der Waals surface area contributed by atoms with E-state index in [9.17, 15) is 0 Å². The highest BCUT2D eigenvalue weighted by molar-refractivity contribution is 5.77. The van der Waals surface area contributed by atoms with Crippen LogP contribution in [0.25, 0.3) is 11.0 Å². The summed E-state index contributed by atoms with van der Waals surface area (Å²) >= 11 is 0. The SMILES string of the molecule is CCCn1c(Cc2cccnc2)nc2cc(CN)ccc21. The minimum absolute atomic E-state index is 0.550. The number of aryl methyl sites for hydroxylation is 1. The lowest BCUT2D eigenvalue weighted by atomic mass is 10.2. The molecule has 2 aromatic heterocycles. The van der Waals surface area contributed by atoms with Crippen LogP contribution in [0.4, 0.5) is 0 Å². The van der Waals surface area contributed by atoms with Gasteiger partial charge >= 0.3 is 0 Å². The van der Waals surface area contributed by atoms with Crippen LogP contribution in [-0.4, -0.2) is 14.5 Å². The van der Waals surface area contributed by atoms with Crippen LogP contribution in [0.2, 0.25) is 0 Å². The minimum atomic E-state index is 0.550. The van der Waals surface area contributed by atoms with Crippen LogP contribution in [0.15, 0.2) is 42.7 Å². The van der Waals surface area contributed by atoms with E-state index >= 15 is 0 Å². The summed E-state index contributed by atoms with van der Waals surface area (Å²) < 4.78 is 2.31. The molecule has 3 rings (SSSR count). The van der Waals surface area contributed by atoms with E-state index in [1.807, 2.05) is 12.3 Å². The molecule has 0 atom stereocenters. The van der Waals surface area contributed by atoms with Gasteiger partial charge in [0.15, 0.2) is 0 Å². The van der Waals surface area contributed by atoms with Crippen molar-refractivity contribution in [2.75, 3.05) is 0 Å². The lowest BCUT2D eigenvalue weighted by molar-refractivity contribution is 0.664. The molecule has 0 saturated heterocycles. The molecule has 0 fully saturated rings. The van der Waals surface area contributed by atoms with Gasteiger partial charge in [0.05, 0.1) is 11.0 Å². The molecule has 0 bridgehead atoms. The number of benzene rings is 1. The van der Waals surface area contributed by atoms with Gasteiger partial charge in [-0.2, -0.15) is 0 Å². The van der Waals surface area contributed by atoms with Crippen LogP contribution in [0.5, 0.6) is 0 Å². The molecule has 0 unspecified atom stereocenters. The minimum Gasteiger partial charge on any atom is -0.328 e. The molecule has 108 valence electrons. The molecular formula is C17H20N4. The van der Waals surface area contributed by atoms with E-state index in [-0.39, 0.29) is 0 Å². The Morgan fingerprint density at radius 2 is 2.10 bits per heavy atom. The van der Waals surface area contributed by atoms with Crippen molar-refractivity contribution in [1.82, 2.24) is 14.5 Å². The van der Waals surface area contributed by atoms with Crippen LogP contribution in [0.3, 0.4) is 0 Å². The number of nitrogens with two attached hydrogens (primary N) is 1. The number of nitrogens with zero attached hydrogens (tertiary/aromatic N) is 3. The predicted octanol–water partition coefficient (Wildman–Crippen LogP) is 2.89. The van der Waals surface area contributed by atoms with Crippen LogP contribution < -0.4 is 5.73 Å². The number of hydrogen-bond acceptors (Lipinski definition) is 3. The summed E-state index contributed by atoms with van der Waals surface area (Å²) in [5.74, 6) is 1.09. The highest BCUT2D eigenvalue weighted by Crippen LogP contribution is 2.20. The zero-order chi connectivity index (χ0) is 14.7. The standard InChI is InChI=1S/C17H20N4/c1-2-8-21-16-6-5-13(11-18)9-15(16)20-17(21)10-14-4-3-7-19-12-14/h3-7,9,12H,2,8,10-11,18H2,1H3. The molecule has 0 aliphatic carbocycles. The average molecular weight is 280 g/mol. The first-order chi connectivity index (χ1) is 10.3. The summed E-state index contributed by atoms with van der Waals surface area (Å²) in [7, 11) is 0. The maximum atomic E-state index is 5.73. The largest absolute Gasteiger partial charge is 0.328 e. The fraction of sp³-hybridized carbons (Fsp3) is 0.294.